The predicted octanol–water partition coefficient (Wildman–Crippen LogP) is 3.42. The molecule has 1 aliphatic carbocycles. The van der Waals surface area contributed by atoms with Crippen molar-refractivity contribution in [1.29, 1.82) is 0 Å². The van der Waals surface area contributed by atoms with Gasteiger partial charge in [-0.1, -0.05) is 12.1 Å². The molecule has 178 valence electrons. The van der Waals surface area contributed by atoms with Gasteiger partial charge < -0.3 is 15.7 Å². The number of benzene rings is 1. The van der Waals surface area contributed by atoms with Gasteiger partial charge in [0.2, 0.25) is 0 Å². The number of fused-ring (bicyclic) bond motifs is 3. The number of aromatic nitrogens is 3. The van der Waals surface area contributed by atoms with Crippen molar-refractivity contribution in [3.63, 3.8) is 0 Å². The van der Waals surface area contributed by atoms with Crippen LogP contribution < -0.4 is 16.2 Å². The first-order valence-corrected chi connectivity index (χ1v) is 10.8. The fourth-order valence-corrected chi connectivity index (χ4v) is 5.06. The number of hydrogen-bond acceptors (Lipinski definition) is 6. The topological polar surface area (TPSA) is 109 Å². The lowest BCUT2D eigenvalue weighted by atomic mass is 9.78. The van der Waals surface area contributed by atoms with Crippen LogP contribution in [0.15, 0.2) is 35.4 Å². The van der Waals surface area contributed by atoms with Crippen molar-refractivity contribution in [2.24, 2.45) is 0 Å². The molecule has 2 aromatic heterocycles. The first kappa shape index (κ1) is 22.3. The van der Waals surface area contributed by atoms with E-state index in [-0.39, 0.29) is 24.2 Å². The Bertz CT molecular complexity index is 1390. The van der Waals surface area contributed by atoms with E-state index in [0.29, 0.717) is 16.9 Å². The van der Waals surface area contributed by atoms with E-state index >= 15 is 0 Å². The van der Waals surface area contributed by atoms with Gasteiger partial charge in [0.15, 0.2) is 5.60 Å². The third-order valence-electron chi connectivity index (χ3n) is 6.94. The van der Waals surface area contributed by atoms with Crippen LogP contribution >= 0.6 is 0 Å². The zero-order valence-corrected chi connectivity index (χ0v) is 18.5. The number of hydrogen-bond donors (Lipinski definition) is 3. The van der Waals surface area contributed by atoms with Crippen LogP contribution in [0.1, 0.15) is 47.3 Å². The standard InChI is InChI=1S/C23H22F3N5O3/c1-12-4-3-5-14-16(12)18(28-11-27-14)29-15-10-13(2)17-19(32)30-22(31(17)20(15)33)8-6-21(34,7-9-22)23(24,25)26/h3-5,10-11,34H,6-9H2,1-2H3,(H,30,32)(H,27,28,29). The zero-order chi connectivity index (χ0) is 24.5. The van der Waals surface area contributed by atoms with E-state index in [1.54, 1.807) is 6.92 Å². The van der Waals surface area contributed by atoms with Crippen LogP contribution in [0.3, 0.4) is 0 Å². The summed E-state index contributed by atoms with van der Waals surface area (Å²) in [4.78, 5) is 34.9. The highest BCUT2D eigenvalue weighted by atomic mass is 19.4. The summed E-state index contributed by atoms with van der Waals surface area (Å²) >= 11 is 0. The summed E-state index contributed by atoms with van der Waals surface area (Å²) in [6.07, 6.45) is -5.16. The number of rotatable bonds is 2. The smallest absolute Gasteiger partial charge is 0.380 e. The number of amides is 1. The summed E-state index contributed by atoms with van der Waals surface area (Å²) in [6.45, 7) is 3.55. The minimum absolute atomic E-state index is 0.108. The molecule has 3 N–H and O–H groups in total. The van der Waals surface area contributed by atoms with Crippen molar-refractivity contribution in [3.05, 3.63) is 57.8 Å². The molecule has 11 heteroatoms. The average molecular weight is 473 g/mol. The molecule has 0 bridgehead atoms. The molecule has 2 aliphatic rings. The summed E-state index contributed by atoms with van der Waals surface area (Å²) in [7, 11) is 0. The van der Waals surface area contributed by atoms with Gasteiger partial charge in [-0.05, 0) is 62.8 Å². The van der Waals surface area contributed by atoms with Gasteiger partial charge in [-0.3, -0.25) is 14.2 Å². The second-order valence-electron chi connectivity index (χ2n) is 9.06. The minimum Gasteiger partial charge on any atom is -0.380 e. The summed E-state index contributed by atoms with van der Waals surface area (Å²) in [5, 5.41) is 16.6. The average Bonchev–Trinajstić information content (AvgIpc) is 3.06. The van der Waals surface area contributed by atoms with Gasteiger partial charge in [-0.25, -0.2) is 9.97 Å². The van der Waals surface area contributed by atoms with E-state index in [0.717, 1.165) is 10.9 Å². The number of anilines is 2. The molecule has 1 aromatic carbocycles. The molecule has 1 fully saturated rings. The molecule has 0 unspecified atom stereocenters. The molecule has 8 nitrogen and oxygen atoms in total. The number of nitrogens with zero attached hydrogens (tertiary/aromatic N) is 3. The Labute approximate surface area is 191 Å². The molecule has 0 radical (unpaired) electrons. The second-order valence-corrected chi connectivity index (χ2v) is 9.06. The van der Waals surface area contributed by atoms with Crippen molar-refractivity contribution in [2.75, 3.05) is 5.32 Å². The van der Waals surface area contributed by atoms with Gasteiger partial charge >= 0.3 is 6.18 Å². The number of nitrogens with one attached hydrogen (secondary N) is 2. The van der Waals surface area contributed by atoms with Gasteiger partial charge in [-0.15, -0.1) is 0 Å². The largest absolute Gasteiger partial charge is 0.417 e. The van der Waals surface area contributed by atoms with Crippen molar-refractivity contribution in [3.8, 4) is 0 Å². The van der Waals surface area contributed by atoms with E-state index in [1.165, 1.54) is 17.0 Å². The Kier molecular flexibility index (Phi) is 4.77. The van der Waals surface area contributed by atoms with Gasteiger partial charge in [0, 0.05) is 5.39 Å². The molecule has 3 aromatic rings. The molecule has 1 spiro atoms. The monoisotopic (exact) mass is 473 g/mol. The molecular formula is C23H22F3N5O3. The molecular weight excluding hydrogens is 451 g/mol. The number of carbonyl (C=O) groups is 1. The van der Waals surface area contributed by atoms with Crippen molar-refractivity contribution in [1.82, 2.24) is 19.9 Å². The third kappa shape index (κ3) is 3.17. The fraction of sp³-hybridized carbons (Fsp3) is 0.391. The Hall–Kier alpha value is -3.47. The van der Waals surface area contributed by atoms with Gasteiger partial charge in [0.1, 0.15) is 29.2 Å². The lowest BCUT2D eigenvalue weighted by molar-refractivity contribution is -0.275. The number of pyridine rings is 1. The van der Waals surface area contributed by atoms with Crippen LogP contribution in [0.5, 0.6) is 0 Å². The summed E-state index contributed by atoms with van der Waals surface area (Å²) in [5.41, 5.74) is -2.44. The van der Waals surface area contributed by atoms with Crippen LogP contribution in [0.4, 0.5) is 24.7 Å². The Morgan fingerprint density at radius 1 is 1.09 bits per heavy atom. The molecule has 3 heterocycles. The molecule has 34 heavy (non-hydrogen) atoms. The third-order valence-corrected chi connectivity index (χ3v) is 6.94. The quantitative estimate of drug-likeness (QED) is 0.526. The lowest BCUT2D eigenvalue weighted by Crippen LogP contribution is -2.57. The lowest BCUT2D eigenvalue weighted by Gasteiger charge is -2.43. The van der Waals surface area contributed by atoms with E-state index in [2.05, 4.69) is 20.6 Å². The molecule has 0 saturated heterocycles. The molecule has 5 rings (SSSR count). The minimum atomic E-state index is -4.80. The highest BCUT2D eigenvalue weighted by molar-refractivity contribution is 5.97. The van der Waals surface area contributed by atoms with Crippen LogP contribution in [-0.4, -0.2) is 37.3 Å². The van der Waals surface area contributed by atoms with Crippen LogP contribution in [-0.2, 0) is 5.66 Å². The highest BCUT2D eigenvalue weighted by Crippen LogP contribution is 2.47. The number of alkyl halides is 3. The van der Waals surface area contributed by atoms with Crippen molar-refractivity contribution >= 4 is 28.3 Å². The SMILES string of the molecule is Cc1cc(Nc2ncnc3cccc(C)c23)c(=O)n2c1C(=O)NC21CCC(O)(C(F)(F)F)CC1. The number of carbonyl (C=O) groups excluding carboxylic acids is 1. The zero-order valence-electron chi connectivity index (χ0n) is 18.5. The van der Waals surface area contributed by atoms with Gasteiger partial charge in [-0.2, -0.15) is 13.2 Å². The van der Waals surface area contributed by atoms with E-state index in [4.69, 9.17) is 0 Å². The first-order valence-electron chi connectivity index (χ1n) is 10.8. The first-order chi connectivity index (χ1) is 16.0. The Morgan fingerprint density at radius 3 is 2.47 bits per heavy atom. The molecule has 1 amide bonds. The number of aliphatic hydroxyl groups is 1. The van der Waals surface area contributed by atoms with Crippen molar-refractivity contribution < 1.29 is 23.1 Å². The molecule has 1 saturated carbocycles. The Balaban J connectivity index is 1.60. The summed E-state index contributed by atoms with van der Waals surface area (Å²) in [6, 6.07) is 7.10. The van der Waals surface area contributed by atoms with E-state index in [9.17, 15) is 27.9 Å². The number of halogens is 3. The van der Waals surface area contributed by atoms with Crippen LogP contribution in [0.25, 0.3) is 10.9 Å². The predicted molar refractivity (Wildman–Crippen MR) is 118 cm³/mol. The van der Waals surface area contributed by atoms with Crippen LogP contribution in [0, 0.1) is 13.8 Å². The van der Waals surface area contributed by atoms with E-state index < -0.39 is 41.7 Å². The van der Waals surface area contributed by atoms with Crippen LogP contribution in [0.2, 0.25) is 0 Å². The maximum Gasteiger partial charge on any atom is 0.417 e. The maximum atomic E-state index is 13.6. The normalized spacial score (nSPS) is 24.4. The summed E-state index contributed by atoms with van der Waals surface area (Å²) < 4.78 is 41.3. The van der Waals surface area contributed by atoms with Gasteiger partial charge in [0.25, 0.3) is 11.5 Å². The molecule has 0 atom stereocenters. The van der Waals surface area contributed by atoms with Gasteiger partial charge in [0.05, 0.1) is 5.52 Å². The highest BCUT2D eigenvalue weighted by Gasteiger charge is 2.59. The van der Waals surface area contributed by atoms with E-state index in [1.807, 2.05) is 25.1 Å². The molecule has 1 aliphatic heterocycles. The summed E-state index contributed by atoms with van der Waals surface area (Å²) in [5.74, 6) is -0.122. The fourth-order valence-electron chi connectivity index (χ4n) is 5.06. The van der Waals surface area contributed by atoms with Crippen molar-refractivity contribution in [2.45, 2.75) is 57.0 Å². The second kappa shape index (κ2) is 7.26. The maximum absolute atomic E-state index is 13.6. The number of aryl methyl sites for hydroxylation is 2. The Morgan fingerprint density at radius 2 is 1.79 bits per heavy atom.